The van der Waals surface area contributed by atoms with Gasteiger partial charge in [-0.2, -0.15) is 0 Å². The molecular weight excluding hydrogens is 309 g/mol. The molecule has 1 atom stereocenters. The topological polar surface area (TPSA) is 35.6 Å². The van der Waals surface area contributed by atoms with E-state index in [-0.39, 0.29) is 6.03 Å². The Morgan fingerprint density at radius 3 is 3.00 bits per heavy atom. The highest BCUT2D eigenvalue weighted by atomic mass is 35.5. The van der Waals surface area contributed by atoms with Crippen LogP contribution in [0.25, 0.3) is 0 Å². The predicted octanol–water partition coefficient (Wildman–Crippen LogP) is 2.98. The van der Waals surface area contributed by atoms with Crippen molar-refractivity contribution in [3.05, 3.63) is 33.8 Å². The quantitative estimate of drug-likeness (QED) is 0.906. The fraction of sp³-hybridized carbons (Fsp3) is 0.533. The molecule has 21 heavy (non-hydrogen) atoms. The van der Waals surface area contributed by atoms with Crippen molar-refractivity contribution in [3.63, 3.8) is 0 Å². The third-order valence-corrected chi connectivity index (χ3v) is 4.92. The van der Waals surface area contributed by atoms with Crippen molar-refractivity contribution in [1.29, 1.82) is 0 Å². The summed E-state index contributed by atoms with van der Waals surface area (Å²) in [7, 11) is 0. The molecule has 6 heteroatoms. The maximum Gasteiger partial charge on any atom is 0.317 e. The van der Waals surface area contributed by atoms with Crippen LogP contribution in [0, 0.1) is 0 Å². The van der Waals surface area contributed by atoms with E-state index >= 15 is 0 Å². The number of fused-ring (bicyclic) bond motifs is 1. The molecule has 2 aliphatic rings. The van der Waals surface area contributed by atoms with E-state index in [4.69, 9.17) is 23.2 Å². The number of urea groups is 1. The molecule has 0 spiro atoms. The first-order chi connectivity index (χ1) is 10.1. The minimum absolute atomic E-state index is 0.0161. The predicted molar refractivity (Wildman–Crippen MR) is 84.9 cm³/mol. The monoisotopic (exact) mass is 327 g/mol. The van der Waals surface area contributed by atoms with Gasteiger partial charge in [0.25, 0.3) is 0 Å². The van der Waals surface area contributed by atoms with Gasteiger partial charge in [0.1, 0.15) is 0 Å². The summed E-state index contributed by atoms with van der Waals surface area (Å²) in [6, 6.07) is 5.81. The number of nitrogens with zero attached hydrogens (tertiary/aromatic N) is 2. The summed E-state index contributed by atoms with van der Waals surface area (Å²) in [5.74, 6) is 0. The van der Waals surface area contributed by atoms with Gasteiger partial charge in [-0.05, 0) is 43.1 Å². The van der Waals surface area contributed by atoms with Gasteiger partial charge in [-0.25, -0.2) is 4.79 Å². The molecule has 0 bridgehead atoms. The molecular formula is C15H19Cl2N3O. The summed E-state index contributed by atoms with van der Waals surface area (Å²) in [6.45, 7) is 4.19. The van der Waals surface area contributed by atoms with Gasteiger partial charge in [0, 0.05) is 42.3 Å². The van der Waals surface area contributed by atoms with Crippen LogP contribution in [-0.2, 0) is 6.54 Å². The highest BCUT2D eigenvalue weighted by molar-refractivity contribution is 6.33. The number of nitrogens with one attached hydrogen (secondary N) is 1. The maximum absolute atomic E-state index is 12.3. The van der Waals surface area contributed by atoms with Crippen LogP contribution in [0.1, 0.15) is 18.4 Å². The van der Waals surface area contributed by atoms with Crippen LogP contribution in [0.5, 0.6) is 0 Å². The molecule has 1 N–H and O–H groups in total. The fourth-order valence-electron chi connectivity index (χ4n) is 3.14. The first-order valence-electron chi connectivity index (χ1n) is 7.34. The summed E-state index contributed by atoms with van der Waals surface area (Å²) in [6.07, 6.45) is 2.45. The van der Waals surface area contributed by atoms with Crippen LogP contribution < -0.4 is 5.32 Å². The number of amides is 2. The van der Waals surface area contributed by atoms with Crippen LogP contribution in [0.15, 0.2) is 18.2 Å². The highest BCUT2D eigenvalue weighted by Gasteiger charge is 2.32. The minimum Gasteiger partial charge on any atom is -0.334 e. The van der Waals surface area contributed by atoms with Crippen LogP contribution >= 0.6 is 23.2 Å². The van der Waals surface area contributed by atoms with E-state index in [9.17, 15) is 4.79 Å². The van der Waals surface area contributed by atoms with Crippen molar-refractivity contribution in [3.8, 4) is 0 Å². The van der Waals surface area contributed by atoms with Crippen molar-refractivity contribution in [2.45, 2.75) is 25.4 Å². The van der Waals surface area contributed by atoms with Gasteiger partial charge in [-0.1, -0.05) is 23.2 Å². The molecule has 2 fully saturated rings. The zero-order valence-electron chi connectivity index (χ0n) is 11.8. The molecule has 0 saturated carbocycles. The lowest BCUT2D eigenvalue weighted by atomic mass is 10.1. The van der Waals surface area contributed by atoms with Gasteiger partial charge in [-0.3, -0.25) is 4.90 Å². The summed E-state index contributed by atoms with van der Waals surface area (Å²) in [4.78, 5) is 16.7. The van der Waals surface area contributed by atoms with Crippen molar-refractivity contribution in [1.82, 2.24) is 15.1 Å². The number of piperazine rings is 1. The number of hydrogen-bond acceptors (Lipinski definition) is 2. The van der Waals surface area contributed by atoms with Crippen molar-refractivity contribution in [2.75, 3.05) is 26.2 Å². The number of rotatable bonds is 2. The molecule has 2 amide bonds. The molecule has 2 aliphatic heterocycles. The third kappa shape index (κ3) is 3.44. The minimum atomic E-state index is -0.0161. The third-order valence-electron chi connectivity index (χ3n) is 4.31. The number of halogens is 2. The zero-order valence-corrected chi connectivity index (χ0v) is 13.3. The highest BCUT2D eigenvalue weighted by Crippen LogP contribution is 2.22. The standard InChI is InChI=1S/C15H19Cl2N3O/c16-12-3-4-14(17)11(8-12)9-18-15(21)20-7-6-19-5-1-2-13(19)10-20/h3-4,8,13H,1-2,5-7,9-10H2,(H,18,21)/t13-/m0/s1. The van der Waals surface area contributed by atoms with Crippen LogP contribution in [-0.4, -0.2) is 48.1 Å². The summed E-state index contributed by atoms with van der Waals surface area (Å²) in [5, 5.41) is 4.20. The largest absolute Gasteiger partial charge is 0.334 e. The second-order valence-corrected chi connectivity index (χ2v) is 6.52. The first kappa shape index (κ1) is 14.9. The van der Waals surface area contributed by atoms with Crippen LogP contribution in [0.2, 0.25) is 10.0 Å². The van der Waals surface area contributed by atoms with Crippen molar-refractivity contribution < 1.29 is 4.79 Å². The Labute approximate surface area is 135 Å². The number of carbonyl (C=O) groups excluding carboxylic acids is 1. The molecule has 0 radical (unpaired) electrons. The Morgan fingerprint density at radius 2 is 2.14 bits per heavy atom. The average molecular weight is 328 g/mol. The van der Waals surface area contributed by atoms with E-state index in [1.165, 1.54) is 19.4 Å². The molecule has 0 aromatic heterocycles. The van der Waals surface area contributed by atoms with Crippen molar-refractivity contribution in [2.24, 2.45) is 0 Å². The lowest BCUT2D eigenvalue weighted by Gasteiger charge is -2.37. The number of hydrogen-bond donors (Lipinski definition) is 1. The van der Waals surface area contributed by atoms with E-state index in [1.807, 2.05) is 4.90 Å². The molecule has 3 rings (SSSR count). The van der Waals surface area contributed by atoms with E-state index in [0.29, 0.717) is 22.6 Å². The summed E-state index contributed by atoms with van der Waals surface area (Å²) >= 11 is 12.1. The Morgan fingerprint density at radius 1 is 1.29 bits per heavy atom. The lowest BCUT2D eigenvalue weighted by Crippen LogP contribution is -2.54. The fourth-order valence-corrected chi connectivity index (χ4v) is 3.52. The van der Waals surface area contributed by atoms with Crippen LogP contribution in [0.3, 0.4) is 0 Å². The average Bonchev–Trinajstić information content (AvgIpc) is 2.95. The summed E-state index contributed by atoms with van der Waals surface area (Å²) < 4.78 is 0. The van der Waals surface area contributed by atoms with Gasteiger partial charge in [0.2, 0.25) is 0 Å². The van der Waals surface area contributed by atoms with E-state index in [0.717, 1.165) is 25.2 Å². The Hall–Kier alpha value is -0.970. The lowest BCUT2D eigenvalue weighted by molar-refractivity contribution is 0.117. The summed E-state index contributed by atoms with van der Waals surface area (Å²) in [5.41, 5.74) is 0.844. The first-order valence-corrected chi connectivity index (χ1v) is 8.10. The van der Waals surface area contributed by atoms with Gasteiger partial charge in [-0.15, -0.1) is 0 Å². The van der Waals surface area contributed by atoms with E-state index in [2.05, 4.69) is 10.2 Å². The Kier molecular flexibility index (Phi) is 4.57. The zero-order chi connectivity index (χ0) is 14.8. The SMILES string of the molecule is O=C(NCc1cc(Cl)ccc1Cl)N1CCN2CCC[C@H]2C1. The van der Waals surface area contributed by atoms with E-state index in [1.54, 1.807) is 18.2 Å². The van der Waals surface area contributed by atoms with Crippen molar-refractivity contribution >= 4 is 29.2 Å². The number of benzene rings is 1. The maximum atomic E-state index is 12.3. The second kappa shape index (κ2) is 6.42. The normalized spacial score (nSPS) is 22.2. The number of carbonyl (C=O) groups is 1. The van der Waals surface area contributed by atoms with Gasteiger partial charge >= 0.3 is 6.03 Å². The van der Waals surface area contributed by atoms with Gasteiger partial charge in [0.05, 0.1) is 0 Å². The molecule has 1 aromatic rings. The van der Waals surface area contributed by atoms with Crippen LogP contribution in [0.4, 0.5) is 4.79 Å². The molecule has 1 aromatic carbocycles. The Balaban J connectivity index is 1.55. The molecule has 4 nitrogen and oxygen atoms in total. The molecule has 2 heterocycles. The molecule has 2 saturated heterocycles. The van der Waals surface area contributed by atoms with Gasteiger partial charge in [0.15, 0.2) is 0 Å². The van der Waals surface area contributed by atoms with Gasteiger partial charge < -0.3 is 10.2 Å². The molecule has 0 aliphatic carbocycles. The molecule has 0 unspecified atom stereocenters. The molecule has 114 valence electrons. The van der Waals surface area contributed by atoms with E-state index < -0.39 is 0 Å². The second-order valence-electron chi connectivity index (χ2n) is 5.67. The smallest absolute Gasteiger partial charge is 0.317 e. The Bertz CT molecular complexity index is 538.